The van der Waals surface area contributed by atoms with Crippen LogP contribution in [0, 0.1) is 11.3 Å². The SMILES string of the molecule is CCCC(C)(Nc1nccnc1C#N)C(=O)OC. The average molecular weight is 248 g/mol. The smallest absolute Gasteiger partial charge is 0.331 e. The third kappa shape index (κ3) is 2.94. The van der Waals surface area contributed by atoms with Gasteiger partial charge >= 0.3 is 5.97 Å². The molecule has 0 aliphatic rings. The highest BCUT2D eigenvalue weighted by molar-refractivity contribution is 5.83. The van der Waals surface area contributed by atoms with Crippen LogP contribution in [0.5, 0.6) is 0 Å². The van der Waals surface area contributed by atoms with Gasteiger partial charge in [-0.3, -0.25) is 0 Å². The van der Waals surface area contributed by atoms with Gasteiger partial charge in [0.2, 0.25) is 0 Å². The van der Waals surface area contributed by atoms with Crippen LogP contribution < -0.4 is 5.32 Å². The van der Waals surface area contributed by atoms with E-state index in [1.165, 1.54) is 19.5 Å². The van der Waals surface area contributed by atoms with Gasteiger partial charge in [-0.15, -0.1) is 0 Å². The molecule has 1 aromatic heterocycles. The van der Waals surface area contributed by atoms with Gasteiger partial charge in [-0.1, -0.05) is 13.3 Å². The van der Waals surface area contributed by atoms with E-state index >= 15 is 0 Å². The van der Waals surface area contributed by atoms with Crippen molar-refractivity contribution in [2.45, 2.75) is 32.2 Å². The van der Waals surface area contributed by atoms with E-state index in [9.17, 15) is 4.79 Å². The monoisotopic (exact) mass is 248 g/mol. The Morgan fingerprint density at radius 3 is 2.78 bits per heavy atom. The fraction of sp³-hybridized carbons (Fsp3) is 0.500. The molecule has 0 radical (unpaired) electrons. The molecule has 0 aromatic carbocycles. The van der Waals surface area contributed by atoms with Gasteiger partial charge in [0.05, 0.1) is 7.11 Å². The summed E-state index contributed by atoms with van der Waals surface area (Å²) in [5.74, 6) is -0.0970. The lowest BCUT2D eigenvalue weighted by atomic mass is 9.96. The number of methoxy groups -OCH3 is 1. The first kappa shape index (κ1) is 13.9. The molecule has 0 amide bonds. The van der Waals surface area contributed by atoms with Crippen LogP contribution >= 0.6 is 0 Å². The first-order valence-corrected chi connectivity index (χ1v) is 5.65. The number of nitrogens with zero attached hydrogens (tertiary/aromatic N) is 3. The highest BCUT2D eigenvalue weighted by Gasteiger charge is 2.34. The van der Waals surface area contributed by atoms with Gasteiger partial charge in [-0.25, -0.2) is 14.8 Å². The fourth-order valence-electron chi connectivity index (χ4n) is 1.71. The van der Waals surface area contributed by atoms with Crippen LogP contribution in [0.4, 0.5) is 5.82 Å². The molecule has 0 spiro atoms. The maximum Gasteiger partial charge on any atom is 0.331 e. The van der Waals surface area contributed by atoms with Crippen LogP contribution in [0.3, 0.4) is 0 Å². The van der Waals surface area contributed by atoms with Crippen LogP contribution in [0.25, 0.3) is 0 Å². The molecule has 1 atom stereocenters. The summed E-state index contributed by atoms with van der Waals surface area (Å²) in [5.41, 5.74) is -0.755. The number of ether oxygens (including phenoxy) is 1. The molecule has 0 saturated carbocycles. The average Bonchev–Trinajstić information content (AvgIpc) is 2.38. The van der Waals surface area contributed by atoms with E-state index in [-0.39, 0.29) is 11.7 Å². The normalized spacial score (nSPS) is 13.2. The molecular formula is C12H16N4O2. The highest BCUT2D eigenvalue weighted by atomic mass is 16.5. The zero-order chi connectivity index (χ0) is 13.6. The fourth-order valence-corrected chi connectivity index (χ4v) is 1.71. The summed E-state index contributed by atoms with van der Waals surface area (Å²) < 4.78 is 4.78. The molecule has 6 nitrogen and oxygen atoms in total. The number of rotatable bonds is 5. The van der Waals surface area contributed by atoms with Crippen molar-refractivity contribution in [2.24, 2.45) is 0 Å². The van der Waals surface area contributed by atoms with Crippen LogP contribution in [0.15, 0.2) is 12.4 Å². The number of carbonyl (C=O) groups is 1. The Hall–Kier alpha value is -2.16. The molecular weight excluding hydrogens is 232 g/mol. The van der Waals surface area contributed by atoms with Crippen LogP contribution in [0.1, 0.15) is 32.4 Å². The number of nitriles is 1. The summed E-state index contributed by atoms with van der Waals surface area (Å²) in [6.45, 7) is 3.68. The molecule has 1 heterocycles. The first-order valence-electron chi connectivity index (χ1n) is 5.65. The lowest BCUT2D eigenvalue weighted by molar-refractivity contribution is -0.145. The number of hydrogen-bond donors (Lipinski definition) is 1. The molecule has 0 bridgehead atoms. The van der Waals surface area contributed by atoms with Crippen LogP contribution in [-0.2, 0) is 9.53 Å². The van der Waals surface area contributed by atoms with E-state index in [1.54, 1.807) is 6.92 Å². The second-order valence-electron chi connectivity index (χ2n) is 4.06. The van der Waals surface area contributed by atoms with E-state index in [0.29, 0.717) is 12.2 Å². The van der Waals surface area contributed by atoms with E-state index in [2.05, 4.69) is 15.3 Å². The molecule has 0 saturated heterocycles. The van der Waals surface area contributed by atoms with Crippen molar-refractivity contribution in [3.8, 4) is 6.07 Å². The lowest BCUT2D eigenvalue weighted by Crippen LogP contribution is -2.44. The lowest BCUT2D eigenvalue weighted by Gasteiger charge is -2.28. The molecule has 18 heavy (non-hydrogen) atoms. The Balaban J connectivity index is 3.04. The Kier molecular flexibility index (Phi) is 4.60. The Bertz CT molecular complexity index is 469. The summed E-state index contributed by atoms with van der Waals surface area (Å²) in [6, 6.07) is 1.93. The van der Waals surface area contributed by atoms with Crippen molar-refractivity contribution >= 4 is 11.8 Å². The van der Waals surface area contributed by atoms with Crippen LogP contribution in [0.2, 0.25) is 0 Å². The van der Waals surface area contributed by atoms with Crippen molar-refractivity contribution in [1.29, 1.82) is 5.26 Å². The van der Waals surface area contributed by atoms with Gasteiger partial charge in [0.1, 0.15) is 11.6 Å². The summed E-state index contributed by atoms with van der Waals surface area (Å²) in [5, 5.41) is 11.9. The molecule has 0 fully saturated rings. The first-order chi connectivity index (χ1) is 8.57. The molecule has 1 N–H and O–H groups in total. The molecule has 1 rings (SSSR count). The predicted octanol–water partition coefficient (Wildman–Crippen LogP) is 1.49. The summed E-state index contributed by atoms with van der Waals surface area (Å²) >= 11 is 0. The predicted molar refractivity (Wildman–Crippen MR) is 65.7 cm³/mol. The van der Waals surface area contributed by atoms with E-state index < -0.39 is 5.54 Å². The van der Waals surface area contributed by atoms with E-state index in [4.69, 9.17) is 10.00 Å². The Morgan fingerprint density at radius 1 is 1.56 bits per heavy atom. The molecule has 6 heteroatoms. The molecule has 1 aromatic rings. The minimum absolute atomic E-state index is 0.156. The van der Waals surface area contributed by atoms with Gasteiger partial charge in [0.25, 0.3) is 0 Å². The zero-order valence-corrected chi connectivity index (χ0v) is 10.7. The van der Waals surface area contributed by atoms with Crippen LogP contribution in [-0.4, -0.2) is 28.6 Å². The molecule has 1 unspecified atom stereocenters. The molecule has 0 aliphatic heterocycles. The van der Waals surface area contributed by atoms with Crippen molar-refractivity contribution in [1.82, 2.24) is 9.97 Å². The summed E-state index contributed by atoms with van der Waals surface area (Å²) in [4.78, 5) is 19.7. The quantitative estimate of drug-likeness (QED) is 0.794. The highest BCUT2D eigenvalue weighted by Crippen LogP contribution is 2.21. The standard InChI is InChI=1S/C12H16N4O2/c1-4-5-12(2,11(17)18-3)16-10-9(8-13)14-6-7-15-10/h6-7H,4-5H2,1-3H3,(H,15,16). The van der Waals surface area contributed by atoms with Gasteiger partial charge in [-0.2, -0.15) is 5.26 Å². The maximum atomic E-state index is 11.8. The Labute approximate surface area is 106 Å². The maximum absolute atomic E-state index is 11.8. The number of esters is 1. The van der Waals surface area contributed by atoms with Crippen molar-refractivity contribution in [3.63, 3.8) is 0 Å². The molecule has 0 aliphatic carbocycles. The second-order valence-corrected chi connectivity index (χ2v) is 4.06. The summed E-state index contributed by atoms with van der Waals surface area (Å²) in [6.07, 6.45) is 4.26. The number of aromatic nitrogens is 2. The second kappa shape index (κ2) is 5.96. The Morgan fingerprint density at radius 2 is 2.22 bits per heavy atom. The van der Waals surface area contributed by atoms with Crippen molar-refractivity contribution < 1.29 is 9.53 Å². The number of hydrogen-bond acceptors (Lipinski definition) is 6. The van der Waals surface area contributed by atoms with Gasteiger partial charge in [0.15, 0.2) is 11.5 Å². The van der Waals surface area contributed by atoms with Gasteiger partial charge in [-0.05, 0) is 13.3 Å². The van der Waals surface area contributed by atoms with E-state index in [1.807, 2.05) is 13.0 Å². The third-order valence-electron chi connectivity index (χ3n) is 2.58. The third-order valence-corrected chi connectivity index (χ3v) is 2.58. The zero-order valence-electron chi connectivity index (χ0n) is 10.7. The minimum Gasteiger partial charge on any atom is -0.467 e. The summed E-state index contributed by atoms with van der Waals surface area (Å²) in [7, 11) is 1.33. The topological polar surface area (TPSA) is 87.9 Å². The van der Waals surface area contributed by atoms with Gasteiger partial charge < -0.3 is 10.1 Å². The molecule has 96 valence electrons. The number of carbonyl (C=O) groups excluding carboxylic acids is 1. The van der Waals surface area contributed by atoms with Gasteiger partial charge in [0, 0.05) is 12.4 Å². The minimum atomic E-state index is -0.912. The number of nitrogens with one attached hydrogen (secondary N) is 1. The largest absolute Gasteiger partial charge is 0.467 e. The number of anilines is 1. The van der Waals surface area contributed by atoms with Crippen molar-refractivity contribution in [3.05, 3.63) is 18.1 Å². The van der Waals surface area contributed by atoms with Crippen molar-refractivity contribution in [2.75, 3.05) is 12.4 Å². The van der Waals surface area contributed by atoms with E-state index in [0.717, 1.165) is 6.42 Å².